The lowest BCUT2D eigenvalue weighted by Crippen LogP contribution is -2.88. The van der Waals surface area contributed by atoms with E-state index in [1.54, 1.807) is 0 Å². The van der Waals surface area contributed by atoms with Gasteiger partial charge < -0.3 is 0 Å². The average molecular weight is 495 g/mol. The van der Waals surface area contributed by atoms with Gasteiger partial charge in [-0.05, 0) is 0 Å². The van der Waals surface area contributed by atoms with Gasteiger partial charge in [-0.2, -0.15) is 70.2 Å². The number of nitrogens with zero attached hydrogens (tertiary/aromatic N) is 1. The molecule has 30 heavy (non-hydrogen) atoms. The molecule has 0 aromatic rings. The Bertz CT molecular complexity index is 747. The van der Waals surface area contributed by atoms with Gasteiger partial charge in [0.05, 0.1) is 0 Å². The van der Waals surface area contributed by atoms with E-state index < -0.39 is 64.2 Å². The summed E-state index contributed by atoms with van der Waals surface area (Å²) < 4.78 is 254. The number of rotatable bonds is 0. The van der Waals surface area contributed by atoms with Gasteiger partial charge in [-0.15, -0.1) is 0 Å². The third kappa shape index (κ3) is 1.84. The zero-order valence-corrected chi connectivity index (χ0v) is 12.6. The molecule has 2 aliphatic rings. The summed E-state index contributed by atoms with van der Waals surface area (Å²) in [6, 6.07) is -16.5. The second kappa shape index (κ2) is 5.16. The summed E-state index contributed by atoms with van der Waals surface area (Å²) >= 11 is 0. The fourth-order valence-corrected chi connectivity index (χ4v) is 3.27. The fraction of sp³-hybridized carbons (Fsp3) is 1.00. The number of likely N-dealkylation sites (tertiary alicyclic amines) is 1. The van der Waals surface area contributed by atoms with Crippen LogP contribution in [0.1, 0.15) is 0 Å². The van der Waals surface area contributed by atoms with Gasteiger partial charge >= 0.3 is 53.7 Å². The van der Waals surface area contributed by atoms with E-state index in [0.29, 0.717) is 0 Å². The van der Waals surface area contributed by atoms with E-state index in [9.17, 15) is 83.4 Å². The van der Waals surface area contributed by atoms with Crippen LogP contribution < -0.4 is 0 Å². The molecular formula is C10F19N. The van der Waals surface area contributed by atoms with Crippen molar-refractivity contribution in [2.75, 3.05) is 0 Å². The molecular weight excluding hydrogens is 495 g/mol. The van der Waals surface area contributed by atoms with Gasteiger partial charge in [0.2, 0.25) is 0 Å². The Morgan fingerprint density at radius 3 is 1.07 bits per heavy atom. The lowest BCUT2D eigenvalue weighted by Gasteiger charge is -2.55. The van der Waals surface area contributed by atoms with Gasteiger partial charge in [0.25, 0.3) is 5.67 Å². The smallest absolute Gasteiger partial charge is 0.226 e. The number of alkyl halides is 19. The first-order valence-corrected chi connectivity index (χ1v) is 6.51. The highest BCUT2D eigenvalue weighted by Gasteiger charge is 3.15. The topological polar surface area (TPSA) is 3.24 Å². The van der Waals surface area contributed by atoms with E-state index in [1.165, 1.54) is 0 Å². The minimum absolute atomic E-state index is 4.48. The molecule has 0 bridgehead atoms. The molecule has 1 saturated carbocycles. The first kappa shape index (κ1) is 24.9. The zero-order chi connectivity index (χ0) is 24.6. The van der Waals surface area contributed by atoms with E-state index in [0.717, 1.165) is 0 Å². The molecule has 0 radical (unpaired) electrons. The number of piperidine rings is 1. The Kier molecular flexibility index (Phi) is 4.28. The Balaban J connectivity index is 3.22. The maximum absolute atomic E-state index is 14.4. The largest absolute Gasteiger partial charge is 0.469 e. The maximum Gasteiger partial charge on any atom is 0.469 e. The predicted molar refractivity (Wildman–Crippen MR) is 50.2 cm³/mol. The molecule has 1 aliphatic carbocycles. The van der Waals surface area contributed by atoms with Gasteiger partial charge in [0.15, 0.2) is 0 Å². The van der Waals surface area contributed by atoms with E-state index in [2.05, 4.69) is 0 Å². The van der Waals surface area contributed by atoms with Crippen molar-refractivity contribution in [3.05, 3.63) is 0 Å². The molecule has 0 N–H and O–H groups in total. The van der Waals surface area contributed by atoms with Crippen LogP contribution >= 0.6 is 0 Å². The van der Waals surface area contributed by atoms with Crippen molar-refractivity contribution in [3.8, 4) is 0 Å². The van der Waals surface area contributed by atoms with Crippen molar-refractivity contribution >= 4 is 0 Å². The zero-order valence-electron chi connectivity index (χ0n) is 12.6. The van der Waals surface area contributed by atoms with Gasteiger partial charge in [-0.25, -0.2) is 13.2 Å². The third-order valence-electron chi connectivity index (χ3n) is 4.64. The van der Waals surface area contributed by atoms with Gasteiger partial charge in [-0.3, -0.25) is 0 Å². The summed E-state index contributed by atoms with van der Waals surface area (Å²) in [6.45, 7) is 0. The molecule has 20 heteroatoms. The molecule has 2 fully saturated rings. The molecule has 0 aromatic heterocycles. The molecule has 178 valence electrons. The summed E-state index contributed by atoms with van der Waals surface area (Å²) in [5.41, 5.74) is -25.5. The Hall–Kier alpha value is -1.37. The summed E-state index contributed by atoms with van der Waals surface area (Å²) in [5, 5.41) is 0. The minimum atomic E-state index is -8.56. The van der Waals surface area contributed by atoms with Crippen LogP contribution in [0, 0.1) is 0 Å². The van der Waals surface area contributed by atoms with Crippen LogP contribution in [0.5, 0.6) is 0 Å². The van der Waals surface area contributed by atoms with Gasteiger partial charge in [-0.1, -0.05) is 4.90 Å². The Labute approximate surface area is 149 Å². The number of hydrogen-bond donors (Lipinski definition) is 0. The van der Waals surface area contributed by atoms with E-state index in [4.69, 9.17) is 0 Å². The third-order valence-corrected chi connectivity index (χ3v) is 4.64. The summed E-state index contributed by atoms with van der Waals surface area (Å²) in [7, 11) is 0. The quantitative estimate of drug-likeness (QED) is 0.312. The normalized spacial score (nSPS) is 42.1. The molecule has 1 nitrogen and oxygen atoms in total. The molecule has 1 saturated heterocycles. The molecule has 0 amide bonds. The van der Waals surface area contributed by atoms with E-state index in [-0.39, 0.29) is 0 Å². The average Bonchev–Trinajstić information content (AvgIpc) is 2.53. The van der Waals surface area contributed by atoms with Crippen molar-refractivity contribution in [1.82, 2.24) is 4.90 Å². The van der Waals surface area contributed by atoms with Crippen LogP contribution in [0.25, 0.3) is 0 Å². The van der Waals surface area contributed by atoms with Crippen molar-refractivity contribution < 1.29 is 83.4 Å². The Morgan fingerprint density at radius 1 is 0.433 bits per heavy atom. The molecule has 2 rings (SSSR count). The lowest BCUT2D eigenvalue weighted by atomic mass is 9.74. The second-order valence-corrected chi connectivity index (χ2v) is 6.08. The molecule has 1 aliphatic heterocycles. The fourth-order valence-electron chi connectivity index (χ4n) is 3.27. The van der Waals surface area contributed by atoms with Gasteiger partial charge in [0.1, 0.15) is 0 Å². The van der Waals surface area contributed by atoms with Crippen molar-refractivity contribution in [2.24, 2.45) is 0 Å². The summed E-state index contributed by atoms with van der Waals surface area (Å²) in [5.74, 6) is -25.5. The van der Waals surface area contributed by atoms with Crippen LogP contribution in [-0.2, 0) is 0 Å². The highest BCUT2D eigenvalue weighted by molar-refractivity contribution is 5.43. The summed E-state index contributed by atoms with van der Waals surface area (Å²) in [6.07, 6.45) is -15.9. The highest BCUT2D eigenvalue weighted by Crippen LogP contribution is 2.81. The summed E-state index contributed by atoms with van der Waals surface area (Å²) in [4.78, 5) is -4.48. The van der Waals surface area contributed by atoms with Crippen LogP contribution in [0.4, 0.5) is 83.4 Å². The molecule has 1 heterocycles. The first-order valence-electron chi connectivity index (χ1n) is 6.51. The predicted octanol–water partition coefficient (Wildman–Crippen LogP) is 5.61. The molecule has 3 unspecified atom stereocenters. The monoisotopic (exact) mass is 495 g/mol. The second-order valence-electron chi connectivity index (χ2n) is 6.08. The van der Waals surface area contributed by atoms with E-state index in [1.807, 2.05) is 0 Å². The van der Waals surface area contributed by atoms with Gasteiger partial charge in [0, 0.05) is 0 Å². The van der Waals surface area contributed by atoms with Crippen molar-refractivity contribution in [2.45, 2.75) is 59.3 Å². The molecule has 3 atom stereocenters. The standard InChI is InChI=1S/C10F19N/c11-1-2(12,5(16,17)3(13,4(1,14)15)7(20,21)22)8(23,24)30(10(27,28)29)9(25,26)6(1,18)19. The minimum Gasteiger partial charge on any atom is -0.226 e. The lowest BCUT2D eigenvalue weighted by molar-refractivity contribution is -0.530. The number of halogens is 19. The van der Waals surface area contributed by atoms with Crippen molar-refractivity contribution in [1.29, 1.82) is 0 Å². The SMILES string of the molecule is FC(F)(F)N1C(F)(F)C(F)(F)C2(F)C(F)(F)C(F)(C(F)(F)F)C(F)(F)C2(F)C1(F)F. The Morgan fingerprint density at radius 2 is 0.767 bits per heavy atom. The van der Waals surface area contributed by atoms with Crippen LogP contribution in [0.2, 0.25) is 0 Å². The number of fused-ring (bicyclic) bond motifs is 1. The molecule has 0 spiro atoms. The van der Waals surface area contributed by atoms with E-state index >= 15 is 0 Å². The molecule has 0 aromatic carbocycles. The van der Waals surface area contributed by atoms with Crippen LogP contribution in [0.3, 0.4) is 0 Å². The van der Waals surface area contributed by atoms with Crippen LogP contribution in [0.15, 0.2) is 0 Å². The number of hydrogen-bond acceptors (Lipinski definition) is 1. The first-order chi connectivity index (χ1) is 12.6. The van der Waals surface area contributed by atoms with Crippen molar-refractivity contribution in [3.63, 3.8) is 0 Å². The van der Waals surface area contributed by atoms with Crippen LogP contribution in [-0.4, -0.2) is 64.2 Å². The highest BCUT2D eigenvalue weighted by atomic mass is 19.4. The maximum atomic E-state index is 14.4.